The van der Waals surface area contributed by atoms with Gasteiger partial charge in [0.25, 0.3) is 0 Å². The van der Waals surface area contributed by atoms with Crippen molar-refractivity contribution in [2.75, 3.05) is 17.2 Å². The van der Waals surface area contributed by atoms with Crippen molar-refractivity contribution in [1.82, 2.24) is 4.98 Å². The third-order valence-corrected chi connectivity index (χ3v) is 2.61. The monoisotopic (exact) mass is 271 g/mol. The molecule has 0 aliphatic heterocycles. The number of benzene rings is 1. The number of ether oxygens (including phenoxy) is 1. The van der Waals surface area contributed by atoms with Crippen LogP contribution in [-0.4, -0.2) is 17.7 Å². The fraction of sp³-hybridized carbons (Fsp3) is 0.200. The number of rotatable bonds is 4. The van der Waals surface area contributed by atoms with E-state index in [4.69, 9.17) is 4.74 Å². The predicted molar refractivity (Wildman–Crippen MR) is 79.3 cm³/mol. The highest BCUT2D eigenvalue weighted by atomic mass is 16.5. The molecular formula is C15H17N3O2. The smallest absolute Gasteiger partial charge is 0.411 e. The van der Waals surface area contributed by atoms with Crippen LogP contribution < -0.4 is 10.6 Å². The molecule has 2 aromatic rings. The van der Waals surface area contributed by atoms with Crippen molar-refractivity contribution >= 4 is 23.3 Å². The van der Waals surface area contributed by atoms with Gasteiger partial charge < -0.3 is 10.1 Å². The fourth-order valence-corrected chi connectivity index (χ4v) is 1.61. The van der Waals surface area contributed by atoms with E-state index in [2.05, 4.69) is 15.6 Å². The number of amides is 1. The minimum atomic E-state index is -0.478. The van der Waals surface area contributed by atoms with Gasteiger partial charge in [0.05, 0.1) is 18.5 Å². The molecule has 0 aliphatic rings. The molecular weight excluding hydrogens is 254 g/mol. The molecule has 0 saturated heterocycles. The Balaban J connectivity index is 1.97. The topological polar surface area (TPSA) is 63.2 Å². The zero-order valence-electron chi connectivity index (χ0n) is 11.5. The van der Waals surface area contributed by atoms with Crippen molar-refractivity contribution in [3.63, 3.8) is 0 Å². The molecule has 0 radical (unpaired) electrons. The van der Waals surface area contributed by atoms with E-state index >= 15 is 0 Å². The summed E-state index contributed by atoms with van der Waals surface area (Å²) >= 11 is 0. The highest BCUT2D eigenvalue weighted by Crippen LogP contribution is 2.16. The SMILES string of the molecule is CCOC(=O)Nc1ccc(Nc2ccc(C)cc2)nc1. The van der Waals surface area contributed by atoms with Gasteiger partial charge in [-0.2, -0.15) is 0 Å². The molecule has 1 aromatic heterocycles. The Morgan fingerprint density at radius 1 is 1.15 bits per heavy atom. The molecule has 1 amide bonds. The quantitative estimate of drug-likeness (QED) is 0.890. The lowest BCUT2D eigenvalue weighted by Gasteiger charge is -2.08. The summed E-state index contributed by atoms with van der Waals surface area (Å²) in [4.78, 5) is 15.5. The lowest BCUT2D eigenvalue weighted by atomic mass is 10.2. The minimum absolute atomic E-state index is 0.340. The lowest BCUT2D eigenvalue weighted by molar-refractivity contribution is 0.168. The third-order valence-electron chi connectivity index (χ3n) is 2.61. The standard InChI is InChI=1S/C15H17N3O2/c1-3-20-15(19)18-13-8-9-14(16-10-13)17-12-6-4-11(2)5-7-12/h4-10H,3H2,1-2H3,(H,16,17)(H,18,19). The maximum absolute atomic E-state index is 11.2. The van der Waals surface area contributed by atoms with Crippen LogP contribution in [0.1, 0.15) is 12.5 Å². The molecule has 0 bridgehead atoms. The summed E-state index contributed by atoms with van der Waals surface area (Å²) in [5.41, 5.74) is 2.77. The molecule has 0 unspecified atom stereocenters. The van der Waals surface area contributed by atoms with Gasteiger partial charge in [-0.25, -0.2) is 9.78 Å². The summed E-state index contributed by atoms with van der Waals surface area (Å²) < 4.78 is 4.79. The van der Waals surface area contributed by atoms with E-state index in [0.29, 0.717) is 18.1 Å². The Bertz CT molecular complexity index is 565. The van der Waals surface area contributed by atoms with Crippen LogP contribution in [0.2, 0.25) is 0 Å². The van der Waals surface area contributed by atoms with Crippen molar-refractivity contribution < 1.29 is 9.53 Å². The first-order valence-corrected chi connectivity index (χ1v) is 6.41. The number of nitrogens with one attached hydrogen (secondary N) is 2. The normalized spacial score (nSPS) is 9.90. The summed E-state index contributed by atoms with van der Waals surface area (Å²) in [5.74, 6) is 0.711. The number of hydrogen-bond donors (Lipinski definition) is 2. The first kappa shape index (κ1) is 13.9. The molecule has 2 rings (SSSR count). The van der Waals surface area contributed by atoms with Crippen molar-refractivity contribution in [3.05, 3.63) is 48.2 Å². The maximum atomic E-state index is 11.2. The Morgan fingerprint density at radius 3 is 2.45 bits per heavy atom. The first-order valence-electron chi connectivity index (χ1n) is 6.41. The summed E-state index contributed by atoms with van der Waals surface area (Å²) in [6.07, 6.45) is 1.10. The van der Waals surface area contributed by atoms with Gasteiger partial charge in [0.2, 0.25) is 0 Å². The number of carbonyl (C=O) groups is 1. The number of anilines is 3. The molecule has 5 heteroatoms. The zero-order valence-corrected chi connectivity index (χ0v) is 11.5. The van der Waals surface area contributed by atoms with Crippen LogP contribution in [0.4, 0.5) is 22.0 Å². The van der Waals surface area contributed by atoms with Gasteiger partial charge in [0.15, 0.2) is 0 Å². The van der Waals surface area contributed by atoms with Gasteiger partial charge >= 0.3 is 6.09 Å². The molecule has 0 saturated carbocycles. The summed E-state index contributed by atoms with van der Waals surface area (Å²) in [6.45, 7) is 4.14. The minimum Gasteiger partial charge on any atom is -0.450 e. The zero-order chi connectivity index (χ0) is 14.4. The largest absolute Gasteiger partial charge is 0.450 e. The van der Waals surface area contributed by atoms with E-state index in [1.165, 1.54) is 5.56 Å². The molecule has 0 aliphatic carbocycles. The highest BCUT2D eigenvalue weighted by Gasteiger charge is 2.02. The van der Waals surface area contributed by atoms with Crippen LogP contribution in [0.3, 0.4) is 0 Å². The van der Waals surface area contributed by atoms with E-state index in [1.807, 2.05) is 31.2 Å². The Kier molecular flexibility index (Phi) is 4.55. The number of nitrogens with zero attached hydrogens (tertiary/aromatic N) is 1. The van der Waals surface area contributed by atoms with E-state index < -0.39 is 6.09 Å². The maximum Gasteiger partial charge on any atom is 0.411 e. The van der Waals surface area contributed by atoms with Gasteiger partial charge in [-0.05, 0) is 38.1 Å². The first-order chi connectivity index (χ1) is 9.67. The van der Waals surface area contributed by atoms with Crippen molar-refractivity contribution in [2.45, 2.75) is 13.8 Å². The van der Waals surface area contributed by atoms with E-state index in [0.717, 1.165) is 5.69 Å². The van der Waals surface area contributed by atoms with E-state index in [-0.39, 0.29) is 0 Å². The highest BCUT2D eigenvalue weighted by molar-refractivity contribution is 5.84. The van der Waals surface area contributed by atoms with Gasteiger partial charge in [-0.15, -0.1) is 0 Å². The molecule has 0 fully saturated rings. The van der Waals surface area contributed by atoms with E-state index in [9.17, 15) is 4.79 Å². The molecule has 0 spiro atoms. The van der Waals surface area contributed by atoms with Crippen molar-refractivity contribution in [3.8, 4) is 0 Å². The number of aryl methyl sites for hydroxylation is 1. The van der Waals surface area contributed by atoms with Crippen LogP contribution in [0.5, 0.6) is 0 Å². The molecule has 104 valence electrons. The lowest BCUT2D eigenvalue weighted by Crippen LogP contribution is -2.13. The van der Waals surface area contributed by atoms with Gasteiger partial charge in [-0.1, -0.05) is 17.7 Å². The van der Waals surface area contributed by atoms with Crippen LogP contribution in [-0.2, 0) is 4.74 Å². The van der Waals surface area contributed by atoms with Gasteiger partial charge in [-0.3, -0.25) is 5.32 Å². The molecule has 20 heavy (non-hydrogen) atoms. The number of carbonyl (C=O) groups excluding carboxylic acids is 1. The summed E-state index contributed by atoms with van der Waals surface area (Å²) in [7, 11) is 0. The predicted octanol–water partition coefficient (Wildman–Crippen LogP) is 3.70. The number of pyridine rings is 1. The molecule has 1 heterocycles. The van der Waals surface area contributed by atoms with Crippen molar-refractivity contribution in [1.29, 1.82) is 0 Å². The van der Waals surface area contributed by atoms with Crippen LogP contribution in [0, 0.1) is 6.92 Å². The summed E-state index contributed by atoms with van der Waals surface area (Å²) in [6, 6.07) is 11.6. The molecule has 1 aromatic carbocycles. The number of aromatic nitrogens is 1. The van der Waals surface area contributed by atoms with Gasteiger partial charge in [0.1, 0.15) is 5.82 Å². The van der Waals surface area contributed by atoms with Crippen molar-refractivity contribution in [2.24, 2.45) is 0 Å². The fourth-order valence-electron chi connectivity index (χ4n) is 1.61. The average Bonchev–Trinajstić information content (AvgIpc) is 2.44. The molecule has 2 N–H and O–H groups in total. The molecule has 5 nitrogen and oxygen atoms in total. The van der Waals surface area contributed by atoms with Crippen LogP contribution in [0.15, 0.2) is 42.6 Å². The Labute approximate surface area is 118 Å². The average molecular weight is 271 g/mol. The second-order valence-electron chi connectivity index (χ2n) is 4.27. The second kappa shape index (κ2) is 6.56. The Hall–Kier alpha value is -2.56. The van der Waals surface area contributed by atoms with Crippen LogP contribution in [0.25, 0.3) is 0 Å². The second-order valence-corrected chi connectivity index (χ2v) is 4.27. The van der Waals surface area contributed by atoms with Gasteiger partial charge in [0, 0.05) is 5.69 Å². The molecule has 0 atom stereocenters. The Morgan fingerprint density at radius 2 is 1.85 bits per heavy atom. The van der Waals surface area contributed by atoms with E-state index in [1.54, 1.807) is 25.3 Å². The van der Waals surface area contributed by atoms with Crippen LogP contribution >= 0.6 is 0 Å². The third kappa shape index (κ3) is 3.98. The number of hydrogen-bond acceptors (Lipinski definition) is 4. The summed E-state index contributed by atoms with van der Waals surface area (Å²) in [5, 5.41) is 5.77.